The Balaban J connectivity index is 1.89. The molecule has 3 heteroatoms. The molecule has 0 saturated heterocycles. The third kappa shape index (κ3) is 3.78. The van der Waals surface area contributed by atoms with Crippen molar-refractivity contribution in [3.05, 3.63) is 69.8 Å². The van der Waals surface area contributed by atoms with Crippen LogP contribution >= 0.6 is 0 Å². The van der Waals surface area contributed by atoms with E-state index in [1.807, 2.05) is 0 Å². The number of rotatable bonds is 4. The Kier molecular flexibility index (Phi) is 5.26. The summed E-state index contributed by atoms with van der Waals surface area (Å²) >= 11 is 0. The normalized spacial score (nSPS) is 16.9. The van der Waals surface area contributed by atoms with Crippen molar-refractivity contribution in [2.75, 3.05) is 25.5 Å². The maximum absolute atomic E-state index is 9.58. The fraction of sp³-hybridized carbons (Fsp3) is 0.364. The van der Waals surface area contributed by atoms with Gasteiger partial charge in [-0.15, -0.1) is 0 Å². The van der Waals surface area contributed by atoms with Crippen molar-refractivity contribution in [1.82, 2.24) is 5.32 Å². The van der Waals surface area contributed by atoms with E-state index in [0.29, 0.717) is 0 Å². The van der Waals surface area contributed by atoms with Gasteiger partial charge in [0.1, 0.15) is 0 Å². The highest BCUT2D eigenvalue weighted by Crippen LogP contribution is 2.28. The lowest BCUT2D eigenvalue weighted by Crippen LogP contribution is -2.28. The summed E-state index contributed by atoms with van der Waals surface area (Å²) in [6, 6.07) is 11.1. The minimum atomic E-state index is 0.0979. The van der Waals surface area contributed by atoms with Crippen LogP contribution in [0.4, 0.5) is 5.69 Å². The summed E-state index contributed by atoms with van der Waals surface area (Å²) in [6.45, 7) is 5.32. The quantitative estimate of drug-likeness (QED) is 0.892. The molecule has 0 saturated carbocycles. The van der Waals surface area contributed by atoms with E-state index < -0.39 is 0 Å². The van der Waals surface area contributed by atoms with Crippen LogP contribution in [0.5, 0.6) is 0 Å². The number of fused-ring (bicyclic) bond motifs is 1. The first-order chi connectivity index (χ1) is 12.0. The van der Waals surface area contributed by atoms with E-state index >= 15 is 0 Å². The zero-order valence-corrected chi connectivity index (χ0v) is 15.6. The average molecular weight is 336 g/mol. The lowest BCUT2D eigenvalue weighted by atomic mass is 9.89. The molecule has 2 aromatic rings. The largest absolute Gasteiger partial charge is 0.392 e. The first kappa shape index (κ1) is 17.7. The highest BCUT2D eigenvalue weighted by molar-refractivity contribution is 5.60. The summed E-state index contributed by atoms with van der Waals surface area (Å²) in [5, 5.41) is 13.2. The predicted octanol–water partition coefficient (Wildman–Crippen LogP) is 3.76. The van der Waals surface area contributed by atoms with Crippen LogP contribution in [0.15, 0.2) is 36.4 Å². The van der Waals surface area contributed by atoms with Crippen molar-refractivity contribution in [2.24, 2.45) is 0 Å². The monoisotopic (exact) mass is 336 g/mol. The van der Waals surface area contributed by atoms with Crippen LogP contribution in [0.25, 0.3) is 6.08 Å². The van der Waals surface area contributed by atoms with E-state index in [2.05, 4.69) is 80.6 Å². The van der Waals surface area contributed by atoms with Crippen molar-refractivity contribution in [3.8, 4) is 0 Å². The Hall–Kier alpha value is -2.10. The summed E-state index contributed by atoms with van der Waals surface area (Å²) in [5.41, 5.74) is 8.63. The third-order valence-corrected chi connectivity index (χ3v) is 5.10. The molecule has 0 bridgehead atoms. The third-order valence-electron chi connectivity index (χ3n) is 5.10. The van der Waals surface area contributed by atoms with Crippen molar-refractivity contribution in [1.29, 1.82) is 0 Å². The van der Waals surface area contributed by atoms with Gasteiger partial charge in [0, 0.05) is 26.3 Å². The molecule has 0 aliphatic carbocycles. The molecule has 0 amide bonds. The molecular formula is C22H28N2O. The molecule has 1 atom stereocenters. The zero-order valence-electron chi connectivity index (χ0n) is 15.6. The van der Waals surface area contributed by atoms with Crippen molar-refractivity contribution < 1.29 is 5.11 Å². The number of hydrogen-bond acceptors (Lipinski definition) is 3. The number of hydrogen-bond donors (Lipinski definition) is 2. The molecule has 1 unspecified atom stereocenters. The smallest absolute Gasteiger partial charge is 0.0684 e. The summed E-state index contributed by atoms with van der Waals surface area (Å²) in [7, 11) is 4.13. The molecule has 132 valence electrons. The van der Waals surface area contributed by atoms with E-state index in [9.17, 15) is 5.11 Å². The molecule has 25 heavy (non-hydrogen) atoms. The second kappa shape index (κ2) is 7.42. The highest BCUT2D eigenvalue weighted by atomic mass is 16.3. The summed E-state index contributed by atoms with van der Waals surface area (Å²) in [6.07, 6.45) is 5.49. The van der Waals surface area contributed by atoms with E-state index in [-0.39, 0.29) is 12.6 Å². The topological polar surface area (TPSA) is 35.5 Å². The highest BCUT2D eigenvalue weighted by Gasteiger charge is 2.18. The lowest BCUT2D eigenvalue weighted by Gasteiger charge is -2.26. The summed E-state index contributed by atoms with van der Waals surface area (Å²) < 4.78 is 0. The summed E-state index contributed by atoms with van der Waals surface area (Å²) in [4.78, 5) is 2.12. The van der Waals surface area contributed by atoms with Crippen molar-refractivity contribution in [3.63, 3.8) is 0 Å². The van der Waals surface area contributed by atoms with Gasteiger partial charge >= 0.3 is 0 Å². The number of anilines is 1. The predicted molar refractivity (Wildman–Crippen MR) is 106 cm³/mol. The average Bonchev–Trinajstić information content (AvgIpc) is 2.59. The molecule has 0 aromatic heterocycles. The Bertz CT molecular complexity index is 793. The maximum Gasteiger partial charge on any atom is 0.0684 e. The Morgan fingerprint density at radius 1 is 1.16 bits per heavy atom. The van der Waals surface area contributed by atoms with Gasteiger partial charge in [0.15, 0.2) is 0 Å². The van der Waals surface area contributed by atoms with Gasteiger partial charge in [0.05, 0.1) is 12.6 Å². The molecule has 3 nitrogen and oxygen atoms in total. The fourth-order valence-corrected chi connectivity index (χ4v) is 3.48. The fourth-order valence-electron chi connectivity index (χ4n) is 3.48. The van der Waals surface area contributed by atoms with Crippen LogP contribution in [0, 0.1) is 13.8 Å². The number of nitrogens with zero attached hydrogens (tertiary/aromatic N) is 1. The molecule has 2 aromatic carbocycles. The van der Waals surface area contributed by atoms with Crippen LogP contribution in [-0.4, -0.2) is 25.7 Å². The molecule has 3 rings (SSSR count). The molecular weight excluding hydrogens is 308 g/mol. The van der Waals surface area contributed by atoms with Crippen LogP contribution < -0.4 is 10.2 Å². The number of benzene rings is 2. The zero-order chi connectivity index (χ0) is 18.0. The van der Waals surface area contributed by atoms with E-state index in [0.717, 1.165) is 18.5 Å². The molecule has 0 fully saturated rings. The molecule has 2 N–H and O–H groups in total. The number of aliphatic hydroxyl groups is 1. The molecule has 1 aliphatic rings. The van der Waals surface area contributed by atoms with Gasteiger partial charge in [-0.05, 0) is 65.8 Å². The van der Waals surface area contributed by atoms with Crippen molar-refractivity contribution in [2.45, 2.75) is 32.9 Å². The second-order valence-electron chi connectivity index (χ2n) is 7.11. The van der Waals surface area contributed by atoms with E-state index in [1.165, 1.54) is 33.5 Å². The van der Waals surface area contributed by atoms with Gasteiger partial charge in [-0.2, -0.15) is 0 Å². The van der Waals surface area contributed by atoms with Gasteiger partial charge in [-0.1, -0.05) is 30.4 Å². The van der Waals surface area contributed by atoms with Gasteiger partial charge < -0.3 is 15.3 Å². The van der Waals surface area contributed by atoms with Crippen molar-refractivity contribution >= 4 is 11.8 Å². The first-order valence-electron chi connectivity index (χ1n) is 8.92. The minimum Gasteiger partial charge on any atom is -0.392 e. The molecule has 1 heterocycles. The number of aliphatic hydroxyl groups excluding tert-OH is 1. The van der Waals surface area contributed by atoms with Gasteiger partial charge in [-0.25, -0.2) is 0 Å². The van der Waals surface area contributed by atoms with Crippen LogP contribution in [0.3, 0.4) is 0 Å². The van der Waals surface area contributed by atoms with E-state index in [4.69, 9.17) is 0 Å². The molecule has 0 radical (unpaired) electrons. The van der Waals surface area contributed by atoms with Crippen LogP contribution in [0.1, 0.15) is 39.4 Å². The lowest BCUT2D eigenvalue weighted by molar-refractivity contribution is 0.280. The molecule has 1 aliphatic heterocycles. The van der Waals surface area contributed by atoms with E-state index in [1.54, 1.807) is 0 Å². The minimum absolute atomic E-state index is 0.0979. The number of nitrogens with one attached hydrogen (secondary N) is 1. The Morgan fingerprint density at radius 2 is 1.96 bits per heavy atom. The summed E-state index contributed by atoms with van der Waals surface area (Å²) in [5.74, 6) is 0. The number of aryl methyl sites for hydroxylation is 2. The van der Waals surface area contributed by atoms with Crippen LogP contribution in [0.2, 0.25) is 0 Å². The van der Waals surface area contributed by atoms with Gasteiger partial charge in [0.25, 0.3) is 0 Å². The first-order valence-corrected chi connectivity index (χ1v) is 8.92. The Labute approximate surface area is 151 Å². The van der Waals surface area contributed by atoms with Gasteiger partial charge in [0.2, 0.25) is 0 Å². The Morgan fingerprint density at radius 3 is 2.64 bits per heavy atom. The molecule has 0 spiro atoms. The standard InChI is InChI=1S/C22H28N2O/c1-15-11-18-9-10-23-22(21(18)13-19(15)14-25)8-6-17-5-7-20(24(3)4)12-16(17)2/h5-8,11-13,22-23,25H,9-10,14H2,1-4H3/b8-6+. The maximum atomic E-state index is 9.58. The SMILES string of the molecule is Cc1cc(N(C)C)ccc1/C=C/C1NCCc2cc(C)c(CO)cc21. The van der Waals surface area contributed by atoms with Gasteiger partial charge in [-0.3, -0.25) is 0 Å². The second-order valence-corrected chi connectivity index (χ2v) is 7.11. The van der Waals surface area contributed by atoms with Crippen LogP contribution in [-0.2, 0) is 13.0 Å².